The molecule has 202 valence electrons. The lowest BCUT2D eigenvalue weighted by Gasteiger charge is -2.49. The van der Waals surface area contributed by atoms with Gasteiger partial charge in [0.2, 0.25) is 0 Å². The lowest BCUT2D eigenvalue weighted by molar-refractivity contribution is 0.689. The number of hydrogen-bond acceptors (Lipinski definition) is 4. The molecular weight excluding hydrogens is 524 g/mol. The van der Waals surface area contributed by atoms with E-state index in [9.17, 15) is 0 Å². The molecule has 0 N–H and O–H groups in total. The van der Waals surface area contributed by atoms with Gasteiger partial charge in [-0.05, 0) is 47.5 Å². The van der Waals surface area contributed by atoms with Gasteiger partial charge < -0.3 is 4.90 Å². The monoisotopic (exact) mass is 550 g/mol. The van der Waals surface area contributed by atoms with Crippen LogP contribution in [0.3, 0.4) is 0 Å². The lowest BCUT2D eigenvalue weighted by Crippen LogP contribution is -2.42. The van der Waals surface area contributed by atoms with Gasteiger partial charge in [0.15, 0.2) is 5.82 Å². The van der Waals surface area contributed by atoms with Crippen LogP contribution in [0, 0.1) is 0 Å². The molecule has 7 aromatic rings. The van der Waals surface area contributed by atoms with E-state index in [1.54, 1.807) is 0 Å². The van der Waals surface area contributed by atoms with Crippen molar-refractivity contribution < 1.29 is 0 Å². The molecule has 43 heavy (non-hydrogen) atoms. The van der Waals surface area contributed by atoms with E-state index in [4.69, 9.17) is 9.97 Å². The van der Waals surface area contributed by atoms with E-state index in [0.717, 1.165) is 33.7 Å². The number of anilines is 4. The Balaban J connectivity index is 1.41. The van der Waals surface area contributed by atoms with Crippen molar-refractivity contribution >= 4 is 33.8 Å². The first-order valence-corrected chi connectivity index (χ1v) is 14.6. The van der Waals surface area contributed by atoms with Crippen LogP contribution in [0.5, 0.6) is 0 Å². The summed E-state index contributed by atoms with van der Waals surface area (Å²) in [5, 5.41) is 1.02. The molecule has 3 heterocycles. The molecule has 0 bridgehead atoms. The van der Waals surface area contributed by atoms with Gasteiger partial charge in [0.25, 0.3) is 0 Å². The fourth-order valence-electron chi connectivity index (χ4n) is 6.83. The summed E-state index contributed by atoms with van der Waals surface area (Å²) in [6, 6.07) is 53.6. The summed E-state index contributed by atoms with van der Waals surface area (Å²) < 4.78 is 0. The van der Waals surface area contributed by atoms with Crippen LogP contribution in [0.1, 0.15) is 11.7 Å². The SMILES string of the molecule is c1ccc(-c2nc(N3c4ccccc4-c4cccc5c4C3N(c3ccccc3)c3ccccc3-5)c3ccccc3n2)cc1. The molecular formula is C39H26N4. The van der Waals surface area contributed by atoms with Crippen LogP contribution in [0.25, 0.3) is 44.5 Å². The molecule has 0 saturated heterocycles. The van der Waals surface area contributed by atoms with Crippen LogP contribution in [0.15, 0.2) is 152 Å². The van der Waals surface area contributed by atoms with Gasteiger partial charge in [0.1, 0.15) is 12.0 Å². The Bertz CT molecular complexity index is 2140. The van der Waals surface area contributed by atoms with Crippen LogP contribution in [0.2, 0.25) is 0 Å². The highest BCUT2D eigenvalue weighted by molar-refractivity contribution is 6.02. The van der Waals surface area contributed by atoms with E-state index in [0.29, 0.717) is 5.82 Å². The van der Waals surface area contributed by atoms with E-state index >= 15 is 0 Å². The summed E-state index contributed by atoms with van der Waals surface area (Å²) in [6.07, 6.45) is -0.180. The van der Waals surface area contributed by atoms with Crippen molar-refractivity contribution in [3.63, 3.8) is 0 Å². The van der Waals surface area contributed by atoms with E-state index in [1.807, 2.05) is 18.2 Å². The first-order valence-electron chi connectivity index (χ1n) is 14.6. The minimum absolute atomic E-state index is 0.180. The quantitative estimate of drug-likeness (QED) is 0.219. The summed E-state index contributed by atoms with van der Waals surface area (Å²) in [5.74, 6) is 1.61. The minimum atomic E-state index is -0.180. The van der Waals surface area contributed by atoms with E-state index in [1.165, 1.54) is 33.5 Å². The average Bonchev–Trinajstić information content (AvgIpc) is 3.09. The first-order chi connectivity index (χ1) is 21.4. The Morgan fingerprint density at radius 2 is 1.00 bits per heavy atom. The van der Waals surface area contributed by atoms with Crippen LogP contribution in [0.4, 0.5) is 22.9 Å². The maximum absolute atomic E-state index is 5.39. The zero-order chi connectivity index (χ0) is 28.3. The van der Waals surface area contributed by atoms with Gasteiger partial charge in [-0.25, -0.2) is 9.97 Å². The molecule has 9 rings (SSSR count). The fraction of sp³-hybridized carbons (Fsp3) is 0.0256. The molecule has 4 nitrogen and oxygen atoms in total. The number of nitrogens with zero attached hydrogens (tertiary/aromatic N) is 4. The highest BCUT2D eigenvalue weighted by Crippen LogP contribution is 2.58. The predicted octanol–water partition coefficient (Wildman–Crippen LogP) is 9.93. The maximum atomic E-state index is 5.39. The number of benzene rings is 6. The zero-order valence-corrected chi connectivity index (χ0v) is 23.3. The normalized spacial score (nSPS) is 14.7. The molecule has 1 atom stereocenters. The molecule has 0 fully saturated rings. The van der Waals surface area contributed by atoms with Gasteiger partial charge in [-0.3, -0.25) is 4.90 Å². The van der Waals surface area contributed by atoms with Crippen molar-refractivity contribution in [1.82, 2.24) is 9.97 Å². The number of hydrogen-bond donors (Lipinski definition) is 0. The molecule has 2 aliphatic heterocycles. The van der Waals surface area contributed by atoms with E-state index in [-0.39, 0.29) is 6.17 Å². The largest absolute Gasteiger partial charge is 0.315 e. The fourth-order valence-corrected chi connectivity index (χ4v) is 6.83. The van der Waals surface area contributed by atoms with Gasteiger partial charge in [0.05, 0.1) is 16.9 Å². The maximum Gasteiger partial charge on any atom is 0.162 e. The summed E-state index contributed by atoms with van der Waals surface area (Å²) >= 11 is 0. The molecule has 0 amide bonds. The van der Waals surface area contributed by atoms with Gasteiger partial charge in [-0.1, -0.05) is 115 Å². The van der Waals surface area contributed by atoms with Crippen LogP contribution in [-0.4, -0.2) is 9.97 Å². The number of para-hydroxylation sites is 4. The Kier molecular flexibility index (Phi) is 5.23. The topological polar surface area (TPSA) is 32.3 Å². The smallest absolute Gasteiger partial charge is 0.162 e. The molecule has 4 heteroatoms. The Morgan fingerprint density at radius 1 is 0.442 bits per heavy atom. The molecule has 1 unspecified atom stereocenters. The van der Waals surface area contributed by atoms with Crippen molar-refractivity contribution in [2.75, 3.05) is 9.80 Å². The second kappa shape index (κ2) is 9.40. The molecule has 1 aromatic heterocycles. The van der Waals surface area contributed by atoms with Crippen molar-refractivity contribution in [2.45, 2.75) is 6.17 Å². The van der Waals surface area contributed by atoms with Gasteiger partial charge in [0, 0.05) is 33.3 Å². The number of fused-ring (bicyclic) bond motifs is 5. The molecule has 0 spiro atoms. The van der Waals surface area contributed by atoms with Crippen molar-refractivity contribution in [1.29, 1.82) is 0 Å². The van der Waals surface area contributed by atoms with Crippen LogP contribution < -0.4 is 9.80 Å². The summed E-state index contributed by atoms with van der Waals surface area (Å²) in [7, 11) is 0. The van der Waals surface area contributed by atoms with Crippen LogP contribution in [-0.2, 0) is 0 Å². The minimum Gasteiger partial charge on any atom is -0.315 e. The van der Waals surface area contributed by atoms with Crippen LogP contribution >= 0.6 is 0 Å². The third-order valence-corrected chi connectivity index (χ3v) is 8.64. The predicted molar refractivity (Wildman–Crippen MR) is 176 cm³/mol. The summed E-state index contributed by atoms with van der Waals surface area (Å²) in [4.78, 5) is 15.4. The van der Waals surface area contributed by atoms with Crippen molar-refractivity contribution in [3.8, 4) is 33.6 Å². The first kappa shape index (κ1) is 23.9. The van der Waals surface area contributed by atoms with Crippen molar-refractivity contribution in [2.24, 2.45) is 0 Å². The van der Waals surface area contributed by atoms with E-state index in [2.05, 4.69) is 143 Å². The molecule has 0 saturated carbocycles. The third-order valence-electron chi connectivity index (χ3n) is 8.64. The summed E-state index contributed by atoms with van der Waals surface area (Å²) in [6.45, 7) is 0. The Morgan fingerprint density at radius 3 is 1.72 bits per heavy atom. The zero-order valence-electron chi connectivity index (χ0n) is 23.3. The second-order valence-electron chi connectivity index (χ2n) is 11.0. The van der Waals surface area contributed by atoms with Crippen molar-refractivity contribution in [3.05, 3.63) is 157 Å². The molecule has 0 aliphatic carbocycles. The summed E-state index contributed by atoms with van der Waals surface area (Å²) in [5.41, 5.74) is 11.6. The van der Waals surface area contributed by atoms with E-state index < -0.39 is 0 Å². The Labute approximate surface area is 250 Å². The molecule has 0 radical (unpaired) electrons. The van der Waals surface area contributed by atoms with Gasteiger partial charge in [-0.2, -0.15) is 0 Å². The highest BCUT2D eigenvalue weighted by atomic mass is 15.4. The van der Waals surface area contributed by atoms with Gasteiger partial charge >= 0.3 is 0 Å². The average molecular weight is 551 g/mol. The lowest BCUT2D eigenvalue weighted by atomic mass is 9.81. The third kappa shape index (κ3) is 3.57. The molecule has 2 aliphatic rings. The second-order valence-corrected chi connectivity index (χ2v) is 11.0. The Hall–Kier alpha value is -5.74. The number of aromatic nitrogens is 2. The molecule has 6 aromatic carbocycles. The van der Waals surface area contributed by atoms with Gasteiger partial charge in [-0.15, -0.1) is 0 Å². The standard InChI is InChI=1S/C39H26N4/c1-3-14-26(15-4-1)37-40-33-23-10-7-20-32(33)38(41-37)43-35-25-12-9-19-29(35)31-22-13-21-30-28-18-8-11-24-34(28)42(39(43)36(30)31)27-16-5-2-6-17-27/h1-25,39H. The number of rotatable bonds is 3. The highest BCUT2D eigenvalue weighted by Gasteiger charge is 2.43.